The van der Waals surface area contributed by atoms with E-state index in [4.69, 9.17) is 4.74 Å². The number of rotatable bonds is 3. The zero-order chi connectivity index (χ0) is 19.0. The van der Waals surface area contributed by atoms with Crippen LogP contribution in [-0.2, 0) is 11.3 Å². The number of nitrogens with zero attached hydrogens (tertiary/aromatic N) is 3. The Morgan fingerprint density at radius 3 is 2.81 bits per heavy atom. The molecule has 0 saturated carbocycles. The van der Waals surface area contributed by atoms with Gasteiger partial charge in [-0.15, -0.1) is 0 Å². The summed E-state index contributed by atoms with van der Waals surface area (Å²) >= 11 is 0. The zero-order valence-corrected chi connectivity index (χ0v) is 15.0. The van der Waals surface area contributed by atoms with E-state index in [2.05, 4.69) is 15.5 Å². The van der Waals surface area contributed by atoms with Gasteiger partial charge in [0.1, 0.15) is 11.6 Å². The number of nitrogens with one attached hydrogen (secondary N) is 2. The van der Waals surface area contributed by atoms with Crippen molar-refractivity contribution in [2.24, 2.45) is 0 Å². The predicted octanol–water partition coefficient (Wildman–Crippen LogP) is 0.942. The van der Waals surface area contributed by atoms with E-state index < -0.39 is 0 Å². The van der Waals surface area contributed by atoms with E-state index >= 15 is 0 Å². The molecular formula is C18H21N5O4. The Morgan fingerprint density at radius 1 is 1.30 bits per heavy atom. The summed E-state index contributed by atoms with van der Waals surface area (Å²) in [6.45, 7) is 3.65. The highest BCUT2D eigenvalue weighted by Gasteiger charge is 2.28. The molecule has 1 fully saturated rings. The Labute approximate surface area is 155 Å². The van der Waals surface area contributed by atoms with E-state index in [0.29, 0.717) is 36.6 Å². The van der Waals surface area contributed by atoms with Crippen LogP contribution in [-0.4, -0.2) is 51.2 Å². The molecule has 9 heteroatoms. The SMILES string of the molecule is CCn1c(C2CCN(C(=O)c3ccc4c(c3)OCC(=O)N4)CC2)n[nH]c1=O. The van der Waals surface area contributed by atoms with Gasteiger partial charge in [-0.1, -0.05) is 0 Å². The lowest BCUT2D eigenvalue weighted by molar-refractivity contribution is -0.118. The van der Waals surface area contributed by atoms with E-state index in [0.717, 1.165) is 18.7 Å². The molecule has 0 radical (unpaired) electrons. The lowest BCUT2D eigenvalue weighted by Gasteiger charge is -2.31. The molecule has 4 rings (SSSR count). The van der Waals surface area contributed by atoms with Crippen LogP contribution in [0.15, 0.2) is 23.0 Å². The van der Waals surface area contributed by atoms with Crippen molar-refractivity contribution in [2.75, 3.05) is 25.0 Å². The molecule has 0 bridgehead atoms. The summed E-state index contributed by atoms with van der Waals surface area (Å²) in [6.07, 6.45) is 1.51. The van der Waals surface area contributed by atoms with Gasteiger partial charge < -0.3 is 15.0 Å². The molecule has 1 aromatic heterocycles. The van der Waals surface area contributed by atoms with Crippen LogP contribution in [0.2, 0.25) is 0 Å². The maximum Gasteiger partial charge on any atom is 0.343 e. The number of amides is 2. The number of likely N-dealkylation sites (tertiary alicyclic amines) is 1. The smallest absolute Gasteiger partial charge is 0.343 e. The van der Waals surface area contributed by atoms with Crippen molar-refractivity contribution in [3.63, 3.8) is 0 Å². The molecular weight excluding hydrogens is 350 g/mol. The molecule has 9 nitrogen and oxygen atoms in total. The Kier molecular flexibility index (Phi) is 4.43. The molecule has 2 aromatic rings. The van der Waals surface area contributed by atoms with Crippen LogP contribution in [0, 0.1) is 0 Å². The van der Waals surface area contributed by atoms with E-state index in [9.17, 15) is 14.4 Å². The molecule has 2 amide bonds. The van der Waals surface area contributed by atoms with Gasteiger partial charge in [-0.25, -0.2) is 9.89 Å². The molecule has 27 heavy (non-hydrogen) atoms. The fourth-order valence-electron chi connectivity index (χ4n) is 3.68. The first kappa shape index (κ1) is 17.3. The number of aromatic nitrogens is 3. The zero-order valence-electron chi connectivity index (χ0n) is 15.0. The summed E-state index contributed by atoms with van der Waals surface area (Å²) < 4.78 is 7.04. The van der Waals surface area contributed by atoms with Crippen LogP contribution in [0.5, 0.6) is 5.75 Å². The second kappa shape index (κ2) is 6.90. The third kappa shape index (κ3) is 3.20. The third-order valence-corrected chi connectivity index (χ3v) is 5.11. The van der Waals surface area contributed by atoms with Gasteiger partial charge in [0, 0.05) is 31.1 Å². The maximum absolute atomic E-state index is 12.8. The van der Waals surface area contributed by atoms with E-state index in [1.807, 2.05) is 6.92 Å². The lowest BCUT2D eigenvalue weighted by atomic mass is 9.95. The van der Waals surface area contributed by atoms with Crippen molar-refractivity contribution < 1.29 is 14.3 Å². The van der Waals surface area contributed by atoms with E-state index in [-0.39, 0.29) is 30.0 Å². The Hall–Kier alpha value is -3.10. The monoisotopic (exact) mass is 371 g/mol. The molecule has 2 N–H and O–H groups in total. The maximum atomic E-state index is 12.8. The average Bonchev–Trinajstić information content (AvgIpc) is 3.07. The second-order valence-corrected chi connectivity index (χ2v) is 6.75. The predicted molar refractivity (Wildman–Crippen MR) is 97.0 cm³/mol. The first-order valence-electron chi connectivity index (χ1n) is 9.08. The molecule has 3 heterocycles. The van der Waals surface area contributed by atoms with Gasteiger partial charge in [-0.05, 0) is 38.0 Å². The lowest BCUT2D eigenvalue weighted by Crippen LogP contribution is -2.38. The fourth-order valence-corrected chi connectivity index (χ4v) is 3.68. The molecule has 0 atom stereocenters. The number of piperidine rings is 1. The van der Waals surface area contributed by atoms with Gasteiger partial charge in [0.05, 0.1) is 5.69 Å². The van der Waals surface area contributed by atoms with Crippen molar-refractivity contribution in [2.45, 2.75) is 32.2 Å². The number of carbonyl (C=O) groups excluding carboxylic acids is 2. The van der Waals surface area contributed by atoms with Crippen LogP contribution in [0.25, 0.3) is 0 Å². The molecule has 0 spiro atoms. The Morgan fingerprint density at radius 2 is 2.07 bits per heavy atom. The van der Waals surface area contributed by atoms with E-state index in [1.54, 1.807) is 27.7 Å². The van der Waals surface area contributed by atoms with Crippen LogP contribution in [0.1, 0.15) is 41.9 Å². The highest BCUT2D eigenvalue weighted by Crippen LogP contribution is 2.30. The van der Waals surface area contributed by atoms with E-state index in [1.165, 1.54) is 0 Å². The quantitative estimate of drug-likeness (QED) is 0.835. The highest BCUT2D eigenvalue weighted by atomic mass is 16.5. The summed E-state index contributed by atoms with van der Waals surface area (Å²) in [6, 6.07) is 5.06. The fraction of sp³-hybridized carbons (Fsp3) is 0.444. The van der Waals surface area contributed by atoms with Gasteiger partial charge in [-0.2, -0.15) is 5.10 Å². The largest absolute Gasteiger partial charge is 0.482 e. The van der Waals surface area contributed by atoms with Gasteiger partial charge >= 0.3 is 5.69 Å². The molecule has 2 aliphatic rings. The number of fused-ring (bicyclic) bond motifs is 1. The van der Waals surface area contributed by atoms with Crippen molar-refractivity contribution in [3.8, 4) is 5.75 Å². The van der Waals surface area contributed by atoms with Crippen molar-refractivity contribution in [3.05, 3.63) is 40.1 Å². The third-order valence-electron chi connectivity index (χ3n) is 5.11. The number of anilines is 1. The number of ether oxygens (including phenoxy) is 1. The number of aromatic amines is 1. The van der Waals surface area contributed by atoms with Crippen LogP contribution >= 0.6 is 0 Å². The first-order valence-corrected chi connectivity index (χ1v) is 9.08. The van der Waals surface area contributed by atoms with Crippen LogP contribution < -0.4 is 15.7 Å². The Balaban J connectivity index is 1.44. The summed E-state index contributed by atoms with van der Waals surface area (Å²) in [7, 11) is 0. The molecule has 1 aromatic carbocycles. The summed E-state index contributed by atoms with van der Waals surface area (Å²) in [4.78, 5) is 37.7. The molecule has 1 saturated heterocycles. The van der Waals surface area contributed by atoms with Crippen molar-refractivity contribution in [1.29, 1.82) is 0 Å². The van der Waals surface area contributed by atoms with Gasteiger partial charge in [0.2, 0.25) is 0 Å². The van der Waals surface area contributed by atoms with Gasteiger partial charge in [0.25, 0.3) is 11.8 Å². The molecule has 0 aliphatic carbocycles. The van der Waals surface area contributed by atoms with Crippen molar-refractivity contribution in [1.82, 2.24) is 19.7 Å². The minimum atomic E-state index is -0.201. The van der Waals surface area contributed by atoms with Crippen LogP contribution in [0.4, 0.5) is 5.69 Å². The number of H-pyrrole nitrogens is 1. The van der Waals surface area contributed by atoms with Gasteiger partial charge in [0.15, 0.2) is 6.61 Å². The minimum Gasteiger partial charge on any atom is -0.482 e. The van der Waals surface area contributed by atoms with Gasteiger partial charge in [-0.3, -0.25) is 14.2 Å². The normalized spacial score (nSPS) is 17.2. The number of carbonyl (C=O) groups is 2. The Bertz CT molecular complexity index is 939. The number of benzene rings is 1. The second-order valence-electron chi connectivity index (χ2n) is 6.75. The number of hydrogen-bond acceptors (Lipinski definition) is 5. The molecule has 142 valence electrons. The molecule has 2 aliphatic heterocycles. The summed E-state index contributed by atoms with van der Waals surface area (Å²) in [5.74, 6) is 1.18. The standard InChI is InChI=1S/C18H21N5O4/c1-2-23-16(20-21-18(23)26)11-5-7-22(8-6-11)17(25)12-3-4-13-14(9-12)27-10-15(24)19-13/h3-4,9,11H,2,5-8,10H2,1H3,(H,19,24)(H,21,26). The average molecular weight is 371 g/mol. The summed E-state index contributed by atoms with van der Waals surface area (Å²) in [5.41, 5.74) is 0.929. The number of hydrogen-bond donors (Lipinski definition) is 2. The molecule has 0 unspecified atom stereocenters. The van der Waals surface area contributed by atoms with Crippen molar-refractivity contribution >= 4 is 17.5 Å². The topological polar surface area (TPSA) is 109 Å². The summed E-state index contributed by atoms with van der Waals surface area (Å²) in [5, 5.41) is 9.39. The first-order chi connectivity index (χ1) is 13.1. The van der Waals surface area contributed by atoms with Crippen LogP contribution in [0.3, 0.4) is 0 Å². The highest BCUT2D eigenvalue weighted by molar-refractivity contribution is 5.99. The minimum absolute atomic E-state index is 0.0428.